The van der Waals surface area contributed by atoms with Crippen LogP contribution in [0.2, 0.25) is 0 Å². The molecular formula is C13H14N2O5S. The van der Waals surface area contributed by atoms with E-state index < -0.39 is 22.8 Å². The van der Waals surface area contributed by atoms with Gasteiger partial charge in [0.1, 0.15) is 11.6 Å². The van der Waals surface area contributed by atoms with Gasteiger partial charge in [0.2, 0.25) is 0 Å². The Labute approximate surface area is 125 Å². The number of benzene rings is 1. The number of carboxylic acid groups (broad SMARTS) is 1. The molecule has 2 rings (SSSR count). The minimum absolute atomic E-state index is 0.0556. The number of nitro groups is 1. The van der Waals surface area contributed by atoms with E-state index in [1.165, 1.54) is 28.8 Å². The Morgan fingerprint density at radius 1 is 1.48 bits per heavy atom. The molecule has 1 amide bonds. The Hall–Kier alpha value is -2.09. The molecule has 1 aliphatic heterocycles. The summed E-state index contributed by atoms with van der Waals surface area (Å²) in [6.07, 6.45) is 2.75. The number of nitro benzene ring substituents is 1. The standard InChI is InChI=1S/C13H14N2O5S/c1-21-8-4-5-10(15(19)20)9(7-8)12(16)14-6-2-3-11(14)13(17)18/h4-5,7,11H,2-3,6H2,1H3,(H,17,18)/t11-/m1/s1. The van der Waals surface area contributed by atoms with Gasteiger partial charge >= 0.3 is 5.97 Å². The van der Waals surface area contributed by atoms with Crippen LogP contribution < -0.4 is 0 Å². The van der Waals surface area contributed by atoms with Crippen LogP contribution in [0.1, 0.15) is 23.2 Å². The van der Waals surface area contributed by atoms with Crippen LogP contribution in [-0.4, -0.2) is 45.6 Å². The first kappa shape index (κ1) is 15.3. The lowest BCUT2D eigenvalue weighted by atomic mass is 10.1. The molecule has 1 aromatic carbocycles. The Bertz CT molecular complexity index is 604. The van der Waals surface area contributed by atoms with Crippen molar-refractivity contribution in [1.29, 1.82) is 0 Å². The molecule has 0 spiro atoms. The molecule has 0 radical (unpaired) electrons. The fourth-order valence-electron chi connectivity index (χ4n) is 2.39. The summed E-state index contributed by atoms with van der Waals surface area (Å²) in [7, 11) is 0. The monoisotopic (exact) mass is 310 g/mol. The number of aliphatic carboxylic acids is 1. The number of carbonyl (C=O) groups is 2. The Kier molecular flexibility index (Phi) is 4.46. The molecule has 1 N–H and O–H groups in total. The van der Waals surface area contributed by atoms with Crippen molar-refractivity contribution in [1.82, 2.24) is 4.90 Å². The van der Waals surface area contributed by atoms with Crippen molar-refractivity contribution in [2.75, 3.05) is 12.8 Å². The zero-order valence-corrected chi connectivity index (χ0v) is 12.1. The number of hydrogen-bond acceptors (Lipinski definition) is 5. The number of rotatable bonds is 4. The summed E-state index contributed by atoms with van der Waals surface area (Å²) in [5, 5.41) is 20.2. The van der Waals surface area contributed by atoms with E-state index in [0.717, 1.165) is 4.90 Å². The molecule has 112 valence electrons. The predicted octanol–water partition coefficient (Wildman–Crippen LogP) is 2.01. The number of amides is 1. The number of hydrogen-bond donors (Lipinski definition) is 1. The summed E-state index contributed by atoms with van der Waals surface area (Å²) >= 11 is 1.36. The first-order valence-corrected chi connectivity index (χ1v) is 7.54. The SMILES string of the molecule is CSc1ccc([N+](=O)[O-])c(C(=O)N2CCC[C@@H]2C(=O)O)c1. The summed E-state index contributed by atoms with van der Waals surface area (Å²) in [6, 6.07) is 3.39. The molecule has 21 heavy (non-hydrogen) atoms. The van der Waals surface area contributed by atoms with Crippen LogP contribution in [0.25, 0.3) is 0 Å². The summed E-state index contributed by atoms with van der Waals surface area (Å²) in [4.78, 5) is 36.0. The molecular weight excluding hydrogens is 296 g/mol. The van der Waals surface area contributed by atoms with E-state index in [1.807, 2.05) is 0 Å². The minimum atomic E-state index is -1.08. The van der Waals surface area contributed by atoms with E-state index in [9.17, 15) is 19.7 Å². The fourth-order valence-corrected chi connectivity index (χ4v) is 2.83. The van der Waals surface area contributed by atoms with Gasteiger partial charge in [0.05, 0.1) is 4.92 Å². The second-order valence-electron chi connectivity index (χ2n) is 4.64. The highest BCUT2D eigenvalue weighted by Crippen LogP contribution is 2.28. The minimum Gasteiger partial charge on any atom is -0.480 e. The van der Waals surface area contributed by atoms with Gasteiger partial charge in [0.15, 0.2) is 0 Å². The molecule has 1 saturated heterocycles. The van der Waals surface area contributed by atoms with E-state index in [1.54, 1.807) is 12.3 Å². The maximum atomic E-state index is 12.5. The van der Waals surface area contributed by atoms with Crippen molar-refractivity contribution >= 4 is 29.3 Å². The predicted molar refractivity (Wildman–Crippen MR) is 76.6 cm³/mol. The van der Waals surface area contributed by atoms with E-state index in [2.05, 4.69) is 0 Å². The first-order chi connectivity index (χ1) is 9.95. The number of thioether (sulfide) groups is 1. The third-order valence-electron chi connectivity index (χ3n) is 3.43. The summed E-state index contributed by atoms with van der Waals surface area (Å²) < 4.78 is 0. The molecule has 7 nitrogen and oxygen atoms in total. The van der Waals surface area contributed by atoms with E-state index in [4.69, 9.17) is 5.11 Å². The van der Waals surface area contributed by atoms with Crippen molar-refractivity contribution in [3.05, 3.63) is 33.9 Å². The highest BCUT2D eigenvalue weighted by Gasteiger charge is 2.36. The third-order valence-corrected chi connectivity index (χ3v) is 4.15. The molecule has 1 atom stereocenters. The number of carboxylic acids is 1. The maximum absolute atomic E-state index is 12.5. The largest absolute Gasteiger partial charge is 0.480 e. The smallest absolute Gasteiger partial charge is 0.326 e. The van der Waals surface area contributed by atoms with Crippen LogP contribution in [0, 0.1) is 10.1 Å². The van der Waals surface area contributed by atoms with E-state index in [0.29, 0.717) is 19.4 Å². The van der Waals surface area contributed by atoms with Crippen molar-refractivity contribution < 1.29 is 19.6 Å². The van der Waals surface area contributed by atoms with Crippen LogP contribution in [0.5, 0.6) is 0 Å². The normalized spacial score (nSPS) is 17.8. The topological polar surface area (TPSA) is 101 Å². The van der Waals surface area contributed by atoms with Crippen LogP contribution in [0.4, 0.5) is 5.69 Å². The number of likely N-dealkylation sites (tertiary alicyclic amines) is 1. The molecule has 0 bridgehead atoms. The molecule has 0 saturated carbocycles. The van der Waals surface area contributed by atoms with Gasteiger partial charge in [-0.05, 0) is 31.2 Å². The Morgan fingerprint density at radius 3 is 2.76 bits per heavy atom. The van der Waals surface area contributed by atoms with Crippen LogP contribution >= 0.6 is 11.8 Å². The van der Waals surface area contributed by atoms with Gasteiger partial charge in [0.25, 0.3) is 11.6 Å². The average molecular weight is 310 g/mol. The molecule has 1 aromatic rings. The van der Waals surface area contributed by atoms with Gasteiger partial charge in [-0.2, -0.15) is 0 Å². The average Bonchev–Trinajstić information content (AvgIpc) is 2.95. The second-order valence-corrected chi connectivity index (χ2v) is 5.51. The lowest BCUT2D eigenvalue weighted by molar-refractivity contribution is -0.385. The van der Waals surface area contributed by atoms with Gasteiger partial charge in [-0.1, -0.05) is 0 Å². The van der Waals surface area contributed by atoms with Crippen LogP contribution in [-0.2, 0) is 4.79 Å². The summed E-state index contributed by atoms with van der Waals surface area (Å²) in [6.45, 7) is 0.302. The van der Waals surface area contributed by atoms with Gasteiger partial charge in [0, 0.05) is 17.5 Å². The van der Waals surface area contributed by atoms with Gasteiger partial charge < -0.3 is 10.0 Å². The van der Waals surface area contributed by atoms with E-state index >= 15 is 0 Å². The first-order valence-electron chi connectivity index (χ1n) is 6.32. The van der Waals surface area contributed by atoms with Crippen molar-refractivity contribution in [3.8, 4) is 0 Å². The molecule has 0 aromatic heterocycles. The van der Waals surface area contributed by atoms with Gasteiger partial charge in [-0.15, -0.1) is 11.8 Å². The molecule has 0 unspecified atom stereocenters. The zero-order valence-electron chi connectivity index (χ0n) is 11.3. The van der Waals surface area contributed by atoms with Crippen LogP contribution in [0.3, 0.4) is 0 Å². The molecule has 1 fully saturated rings. The number of nitrogens with zero attached hydrogens (tertiary/aromatic N) is 2. The quantitative estimate of drug-likeness (QED) is 0.518. The highest BCUT2D eigenvalue weighted by molar-refractivity contribution is 7.98. The summed E-state index contributed by atoms with van der Waals surface area (Å²) in [5.41, 5.74) is -0.353. The van der Waals surface area contributed by atoms with Gasteiger partial charge in [-0.3, -0.25) is 14.9 Å². The second kappa shape index (κ2) is 6.13. The lowest BCUT2D eigenvalue weighted by Crippen LogP contribution is -2.40. The highest BCUT2D eigenvalue weighted by atomic mass is 32.2. The number of carbonyl (C=O) groups excluding carboxylic acids is 1. The van der Waals surface area contributed by atoms with Crippen molar-refractivity contribution in [3.63, 3.8) is 0 Å². The molecule has 1 aliphatic rings. The summed E-state index contributed by atoms with van der Waals surface area (Å²) in [5.74, 6) is -1.67. The molecule has 1 heterocycles. The lowest BCUT2D eigenvalue weighted by Gasteiger charge is -2.21. The Morgan fingerprint density at radius 2 is 2.19 bits per heavy atom. The fraction of sp³-hybridized carbons (Fsp3) is 0.385. The van der Waals surface area contributed by atoms with Crippen molar-refractivity contribution in [2.24, 2.45) is 0 Å². The Balaban J connectivity index is 2.42. The van der Waals surface area contributed by atoms with Crippen LogP contribution in [0.15, 0.2) is 23.1 Å². The maximum Gasteiger partial charge on any atom is 0.326 e. The van der Waals surface area contributed by atoms with E-state index in [-0.39, 0.29) is 11.3 Å². The van der Waals surface area contributed by atoms with Gasteiger partial charge in [-0.25, -0.2) is 4.79 Å². The molecule has 8 heteroatoms. The third kappa shape index (κ3) is 2.99. The zero-order chi connectivity index (χ0) is 15.6. The molecule has 0 aliphatic carbocycles. The van der Waals surface area contributed by atoms with Crippen molar-refractivity contribution in [2.45, 2.75) is 23.8 Å².